The topological polar surface area (TPSA) is 58.2 Å². The molecule has 4 nitrogen and oxygen atoms in total. The van der Waals surface area contributed by atoms with Gasteiger partial charge in [0.1, 0.15) is 0 Å². The Morgan fingerprint density at radius 3 is 2.29 bits per heavy atom. The van der Waals surface area contributed by atoms with Crippen molar-refractivity contribution in [2.75, 3.05) is 6.54 Å². The zero-order chi connectivity index (χ0) is 20.1. The molecule has 148 valence electrons. The average Bonchev–Trinajstić information content (AvgIpc) is 3.18. The van der Waals surface area contributed by atoms with Crippen LogP contribution in [0, 0.1) is 0 Å². The van der Waals surface area contributed by atoms with E-state index in [1.807, 2.05) is 0 Å². The Kier molecular flexibility index (Phi) is 6.02. The predicted molar refractivity (Wildman–Crippen MR) is 99.6 cm³/mol. The van der Waals surface area contributed by atoms with E-state index in [2.05, 4.69) is 10.6 Å². The van der Waals surface area contributed by atoms with E-state index in [9.17, 15) is 22.8 Å². The minimum atomic E-state index is -4.41. The minimum Gasteiger partial charge on any atom is -0.352 e. The van der Waals surface area contributed by atoms with E-state index in [1.165, 1.54) is 18.2 Å². The fraction of sp³-hybridized carbons (Fsp3) is 0.333. The Labute approximate surface area is 161 Å². The lowest BCUT2D eigenvalue weighted by molar-refractivity contribution is -0.137. The summed E-state index contributed by atoms with van der Waals surface area (Å²) in [5.74, 6) is -0.627. The largest absolute Gasteiger partial charge is 0.416 e. The summed E-state index contributed by atoms with van der Waals surface area (Å²) in [7, 11) is 0. The van der Waals surface area contributed by atoms with E-state index < -0.39 is 17.6 Å². The van der Waals surface area contributed by atoms with Gasteiger partial charge in [-0.3, -0.25) is 9.59 Å². The molecular formula is C21H21F3N2O2. The Morgan fingerprint density at radius 2 is 1.64 bits per heavy atom. The molecule has 0 saturated heterocycles. The Balaban J connectivity index is 1.59. The van der Waals surface area contributed by atoms with Gasteiger partial charge in [-0.15, -0.1) is 0 Å². The first kappa shape index (κ1) is 19.9. The Hall–Kier alpha value is -2.83. The molecule has 1 aliphatic rings. The monoisotopic (exact) mass is 390 g/mol. The molecule has 0 radical (unpaired) electrons. The zero-order valence-electron chi connectivity index (χ0n) is 15.2. The standard InChI is InChI=1S/C21H21F3N2O2/c22-21(23,24)17-5-3-4-16(12-17)14-8-10-15(11-9-14)20(28)25-13-19(27)26-18-6-1-2-7-18/h3-5,8-12,18H,1-2,6-7,13H2,(H,25,28)(H,26,27). The minimum absolute atomic E-state index is 0.106. The Morgan fingerprint density at radius 1 is 0.964 bits per heavy atom. The van der Waals surface area contributed by atoms with Crippen molar-refractivity contribution in [3.8, 4) is 11.1 Å². The lowest BCUT2D eigenvalue weighted by atomic mass is 10.0. The first-order valence-electron chi connectivity index (χ1n) is 9.18. The number of benzene rings is 2. The van der Waals surface area contributed by atoms with Crippen LogP contribution < -0.4 is 10.6 Å². The number of halogens is 3. The van der Waals surface area contributed by atoms with Gasteiger partial charge in [-0.2, -0.15) is 13.2 Å². The Bertz CT molecular complexity index is 841. The van der Waals surface area contributed by atoms with Gasteiger partial charge in [-0.25, -0.2) is 0 Å². The molecule has 1 aliphatic carbocycles. The number of rotatable bonds is 5. The molecule has 1 saturated carbocycles. The number of hydrogen-bond donors (Lipinski definition) is 2. The van der Waals surface area contributed by atoms with Crippen LogP contribution >= 0.6 is 0 Å². The van der Waals surface area contributed by atoms with E-state index in [0.29, 0.717) is 16.7 Å². The molecule has 7 heteroatoms. The van der Waals surface area contributed by atoms with Crippen LogP contribution in [-0.2, 0) is 11.0 Å². The van der Waals surface area contributed by atoms with Crippen molar-refractivity contribution in [3.63, 3.8) is 0 Å². The van der Waals surface area contributed by atoms with Gasteiger partial charge in [-0.1, -0.05) is 37.1 Å². The van der Waals surface area contributed by atoms with Crippen molar-refractivity contribution >= 4 is 11.8 Å². The van der Waals surface area contributed by atoms with E-state index in [4.69, 9.17) is 0 Å². The molecule has 2 aromatic carbocycles. The van der Waals surface area contributed by atoms with Crippen LogP contribution in [0.2, 0.25) is 0 Å². The van der Waals surface area contributed by atoms with Crippen LogP contribution in [0.4, 0.5) is 13.2 Å². The first-order valence-corrected chi connectivity index (χ1v) is 9.18. The molecule has 0 unspecified atom stereocenters. The number of carbonyl (C=O) groups is 2. The molecule has 0 atom stereocenters. The lowest BCUT2D eigenvalue weighted by Gasteiger charge is -2.12. The van der Waals surface area contributed by atoms with Crippen molar-refractivity contribution < 1.29 is 22.8 Å². The molecule has 2 aromatic rings. The summed E-state index contributed by atoms with van der Waals surface area (Å²) in [6, 6.07) is 11.4. The van der Waals surface area contributed by atoms with Crippen LogP contribution in [-0.4, -0.2) is 24.4 Å². The summed E-state index contributed by atoms with van der Waals surface area (Å²) < 4.78 is 38.5. The van der Waals surface area contributed by atoms with Crippen LogP contribution in [0.5, 0.6) is 0 Å². The first-order chi connectivity index (χ1) is 13.3. The van der Waals surface area contributed by atoms with Crippen molar-refractivity contribution in [2.24, 2.45) is 0 Å². The summed E-state index contributed by atoms with van der Waals surface area (Å²) in [4.78, 5) is 24.0. The SMILES string of the molecule is O=C(CNC(=O)c1ccc(-c2cccc(C(F)(F)F)c2)cc1)NC1CCCC1. The molecule has 0 aromatic heterocycles. The van der Waals surface area contributed by atoms with Gasteiger partial charge in [0.2, 0.25) is 5.91 Å². The molecular weight excluding hydrogens is 369 g/mol. The van der Waals surface area contributed by atoms with Crippen LogP contribution in [0.3, 0.4) is 0 Å². The van der Waals surface area contributed by atoms with Crippen molar-refractivity contribution in [1.82, 2.24) is 10.6 Å². The number of amides is 2. The van der Waals surface area contributed by atoms with Gasteiger partial charge in [0.05, 0.1) is 12.1 Å². The normalized spacial score (nSPS) is 14.7. The zero-order valence-corrected chi connectivity index (χ0v) is 15.2. The molecule has 0 heterocycles. The third kappa shape index (κ3) is 5.12. The van der Waals surface area contributed by atoms with Crippen LogP contribution in [0.1, 0.15) is 41.6 Å². The smallest absolute Gasteiger partial charge is 0.352 e. The lowest BCUT2D eigenvalue weighted by Crippen LogP contribution is -2.40. The van der Waals surface area contributed by atoms with Gasteiger partial charge in [0.15, 0.2) is 0 Å². The molecule has 1 fully saturated rings. The maximum absolute atomic E-state index is 12.8. The highest BCUT2D eigenvalue weighted by Gasteiger charge is 2.30. The van der Waals surface area contributed by atoms with Gasteiger partial charge in [0.25, 0.3) is 5.91 Å². The van der Waals surface area contributed by atoms with Crippen LogP contribution in [0.25, 0.3) is 11.1 Å². The summed E-state index contributed by atoms with van der Waals surface area (Å²) in [6.07, 6.45) is -0.257. The fourth-order valence-electron chi connectivity index (χ4n) is 3.30. The highest BCUT2D eigenvalue weighted by Crippen LogP contribution is 2.32. The maximum Gasteiger partial charge on any atom is 0.416 e. The number of carbonyl (C=O) groups excluding carboxylic acids is 2. The molecule has 3 rings (SSSR count). The second-order valence-corrected chi connectivity index (χ2v) is 6.89. The van der Waals surface area contributed by atoms with Crippen molar-refractivity contribution in [3.05, 3.63) is 59.7 Å². The summed E-state index contributed by atoms with van der Waals surface area (Å²) in [6.45, 7) is -0.106. The van der Waals surface area contributed by atoms with E-state index in [1.54, 1.807) is 18.2 Å². The van der Waals surface area contributed by atoms with E-state index in [0.717, 1.165) is 37.8 Å². The number of hydrogen-bond acceptors (Lipinski definition) is 2. The highest BCUT2D eigenvalue weighted by atomic mass is 19.4. The van der Waals surface area contributed by atoms with Gasteiger partial charge < -0.3 is 10.6 Å². The van der Waals surface area contributed by atoms with Crippen molar-refractivity contribution in [1.29, 1.82) is 0 Å². The predicted octanol–water partition coefficient (Wildman–Crippen LogP) is 4.16. The number of alkyl halides is 3. The van der Waals surface area contributed by atoms with Gasteiger partial charge in [-0.05, 0) is 48.2 Å². The fourth-order valence-corrected chi connectivity index (χ4v) is 3.30. The molecule has 2 amide bonds. The van der Waals surface area contributed by atoms with E-state index in [-0.39, 0.29) is 18.5 Å². The summed E-state index contributed by atoms with van der Waals surface area (Å²) in [5.41, 5.74) is 0.601. The third-order valence-corrected chi connectivity index (χ3v) is 4.80. The number of nitrogens with one attached hydrogen (secondary N) is 2. The average molecular weight is 390 g/mol. The maximum atomic E-state index is 12.8. The second-order valence-electron chi connectivity index (χ2n) is 6.89. The van der Waals surface area contributed by atoms with E-state index >= 15 is 0 Å². The molecule has 2 N–H and O–H groups in total. The summed E-state index contributed by atoms with van der Waals surface area (Å²) in [5, 5.41) is 5.45. The highest BCUT2D eigenvalue weighted by molar-refractivity contribution is 5.96. The molecule has 0 spiro atoms. The molecule has 0 aliphatic heterocycles. The second kappa shape index (κ2) is 8.46. The van der Waals surface area contributed by atoms with Crippen molar-refractivity contribution in [2.45, 2.75) is 37.9 Å². The quantitative estimate of drug-likeness (QED) is 0.805. The van der Waals surface area contributed by atoms with Gasteiger partial charge in [0, 0.05) is 11.6 Å². The molecule has 0 bridgehead atoms. The summed E-state index contributed by atoms with van der Waals surface area (Å²) >= 11 is 0. The van der Waals surface area contributed by atoms with Crippen LogP contribution in [0.15, 0.2) is 48.5 Å². The molecule has 28 heavy (non-hydrogen) atoms. The third-order valence-electron chi connectivity index (χ3n) is 4.80. The van der Waals surface area contributed by atoms with Gasteiger partial charge >= 0.3 is 6.18 Å².